The number of halogens is 2. The Kier molecular flexibility index (Phi) is 6.93. The fourth-order valence-corrected chi connectivity index (χ4v) is 4.93. The molecule has 0 saturated carbocycles. The van der Waals surface area contributed by atoms with Gasteiger partial charge in [-0.3, -0.25) is 14.7 Å². The van der Waals surface area contributed by atoms with Gasteiger partial charge in [-0.05, 0) is 48.9 Å². The lowest BCUT2D eigenvalue weighted by atomic mass is 9.95. The zero-order valence-corrected chi connectivity index (χ0v) is 23.4. The largest absolute Gasteiger partial charge is 0.459 e. The normalized spacial score (nSPS) is 12.2. The lowest BCUT2D eigenvalue weighted by Crippen LogP contribution is -2.17. The van der Waals surface area contributed by atoms with Crippen molar-refractivity contribution in [3.63, 3.8) is 0 Å². The second-order valence-electron chi connectivity index (χ2n) is 10.5. The topological polar surface area (TPSA) is 140 Å². The molecule has 1 unspecified atom stereocenters. The molecule has 4 N–H and O–H groups in total. The molecule has 11 heteroatoms. The molecule has 6 aromatic rings. The van der Waals surface area contributed by atoms with Crippen LogP contribution in [-0.2, 0) is 4.79 Å². The molecule has 0 aliphatic heterocycles. The van der Waals surface area contributed by atoms with Gasteiger partial charge in [0, 0.05) is 17.2 Å². The van der Waals surface area contributed by atoms with Gasteiger partial charge < -0.3 is 15.5 Å². The molecule has 3 aromatic heterocycles. The summed E-state index contributed by atoms with van der Waals surface area (Å²) in [6.45, 7) is 5.34. The quantitative estimate of drug-likeness (QED) is 0.207. The molecule has 1 atom stereocenters. The first-order valence-electron chi connectivity index (χ1n) is 13.6. The first-order valence-corrected chi connectivity index (χ1v) is 13.6. The maximum absolute atomic E-state index is 14.8. The summed E-state index contributed by atoms with van der Waals surface area (Å²) in [5.74, 6) is -1.85. The van der Waals surface area contributed by atoms with E-state index in [0.29, 0.717) is 16.8 Å². The summed E-state index contributed by atoms with van der Waals surface area (Å²) in [7, 11) is 0. The van der Waals surface area contributed by atoms with Crippen LogP contribution in [0.1, 0.15) is 38.3 Å². The highest BCUT2D eigenvalue weighted by Gasteiger charge is 2.27. The van der Waals surface area contributed by atoms with Crippen LogP contribution < -0.4 is 16.5 Å². The molecule has 43 heavy (non-hydrogen) atoms. The Morgan fingerprint density at radius 1 is 0.953 bits per heavy atom. The SMILES string of the molecule is CC(C)C(=O)Nc1ccc(-c2[nH]nc3nc(C(C)c4oc5cccc(F)c5c(=O)c4-c4cccc(F)c4)nc(N)c23)cc1. The molecule has 0 saturated heterocycles. The molecule has 216 valence electrons. The number of anilines is 2. The van der Waals surface area contributed by atoms with E-state index in [2.05, 4.69) is 25.5 Å². The van der Waals surface area contributed by atoms with Crippen LogP contribution in [0.4, 0.5) is 20.3 Å². The summed E-state index contributed by atoms with van der Waals surface area (Å²) in [6, 6.07) is 16.7. The van der Waals surface area contributed by atoms with E-state index < -0.39 is 23.0 Å². The first kappa shape index (κ1) is 27.7. The molecule has 0 aliphatic rings. The third kappa shape index (κ3) is 4.99. The van der Waals surface area contributed by atoms with Gasteiger partial charge in [-0.2, -0.15) is 5.10 Å². The fraction of sp³-hybridized carbons (Fsp3) is 0.156. The minimum absolute atomic E-state index is 0.000710. The number of nitrogens with one attached hydrogen (secondary N) is 2. The van der Waals surface area contributed by atoms with E-state index in [1.54, 1.807) is 25.1 Å². The van der Waals surface area contributed by atoms with Crippen LogP contribution in [0.25, 0.3) is 44.4 Å². The van der Waals surface area contributed by atoms with Gasteiger partial charge in [-0.25, -0.2) is 18.7 Å². The second-order valence-corrected chi connectivity index (χ2v) is 10.5. The maximum Gasteiger partial charge on any atom is 0.226 e. The highest BCUT2D eigenvalue weighted by atomic mass is 19.1. The number of hydrogen-bond donors (Lipinski definition) is 3. The molecule has 3 aromatic carbocycles. The van der Waals surface area contributed by atoms with Gasteiger partial charge in [0.05, 0.1) is 22.6 Å². The highest BCUT2D eigenvalue weighted by molar-refractivity contribution is 5.98. The molecule has 0 spiro atoms. The number of nitrogens with two attached hydrogens (primary N) is 1. The van der Waals surface area contributed by atoms with Gasteiger partial charge in [0.25, 0.3) is 0 Å². The molecule has 0 bridgehead atoms. The van der Waals surface area contributed by atoms with Crippen LogP contribution in [0, 0.1) is 17.6 Å². The number of benzene rings is 3. The molecule has 1 amide bonds. The Bertz CT molecular complexity index is 2090. The Balaban J connectivity index is 1.44. The van der Waals surface area contributed by atoms with E-state index in [0.717, 1.165) is 5.56 Å². The van der Waals surface area contributed by atoms with Gasteiger partial charge in [-0.1, -0.05) is 44.2 Å². The van der Waals surface area contributed by atoms with Crippen molar-refractivity contribution in [2.24, 2.45) is 5.92 Å². The summed E-state index contributed by atoms with van der Waals surface area (Å²) >= 11 is 0. The minimum atomic E-state index is -0.755. The number of amides is 1. The molecule has 6 rings (SSSR count). The number of fused-ring (bicyclic) bond motifs is 2. The first-order chi connectivity index (χ1) is 20.6. The molecule has 0 fully saturated rings. The van der Waals surface area contributed by atoms with E-state index in [1.807, 2.05) is 26.0 Å². The minimum Gasteiger partial charge on any atom is -0.459 e. The third-order valence-corrected chi connectivity index (χ3v) is 7.21. The lowest BCUT2D eigenvalue weighted by molar-refractivity contribution is -0.118. The number of aromatic amines is 1. The summed E-state index contributed by atoms with van der Waals surface area (Å²) in [4.78, 5) is 34.8. The molecular weight excluding hydrogens is 554 g/mol. The standard InChI is InChI=1S/C32H26F2N6O3/c1-15(2)32(42)36-20-12-10-17(11-13-20)26-25-29(35)37-30(38-31(25)40-39-26)16(3)28-23(18-6-4-7-19(33)14-18)27(41)24-21(34)8-5-9-22(24)43-28/h4-16H,1-3H3,(H,36,42)(H3,35,37,38,39,40). The average Bonchev–Trinajstić information content (AvgIpc) is 3.41. The number of nitrogens with zero attached hydrogens (tertiary/aromatic N) is 3. The van der Waals surface area contributed by atoms with Crippen LogP contribution in [0.5, 0.6) is 0 Å². The number of aromatic nitrogens is 4. The number of hydrogen-bond acceptors (Lipinski definition) is 7. The number of carbonyl (C=O) groups is 1. The van der Waals surface area contributed by atoms with Crippen molar-refractivity contribution in [1.29, 1.82) is 0 Å². The van der Waals surface area contributed by atoms with Crippen LogP contribution >= 0.6 is 0 Å². The third-order valence-electron chi connectivity index (χ3n) is 7.21. The van der Waals surface area contributed by atoms with E-state index >= 15 is 0 Å². The Morgan fingerprint density at radius 2 is 1.70 bits per heavy atom. The van der Waals surface area contributed by atoms with Crippen molar-refractivity contribution in [3.05, 3.63) is 100 Å². The molecule has 0 radical (unpaired) electrons. The fourth-order valence-electron chi connectivity index (χ4n) is 4.93. The predicted molar refractivity (Wildman–Crippen MR) is 160 cm³/mol. The van der Waals surface area contributed by atoms with E-state index in [9.17, 15) is 18.4 Å². The monoisotopic (exact) mass is 580 g/mol. The van der Waals surface area contributed by atoms with Crippen molar-refractivity contribution in [1.82, 2.24) is 20.2 Å². The average molecular weight is 581 g/mol. The van der Waals surface area contributed by atoms with Gasteiger partial charge in [0.1, 0.15) is 40.0 Å². The Morgan fingerprint density at radius 3 is 2.42 bits per heavy atom. The molecule has 3 heterocycles. The number of nitrogen functional groups attached to an aromatic ring is 1. The maximum atomic E-state index is 14.8. The van der Waals surface area contributed by atoms with Crippen molar-refractivity contribution < 1.29 is 18.0 Å². The van der Waals surface area contributed by atoms with E-state index in [4.69, 9.17) is 10.2 Å². The Labute approximate surface area is 243 Å². The van der Waals surface area contributed by atoms with Gasteiger partial charge >= 0.3 is 0 Å². The molecule has 9 nitrogen and oxygen atoms in total. The zero-order valence-electron chi connectivity index (χ0n) is 23.4. The highest BCUT2D eigenvalue weighted by Crippen LogP contribution is 2.36. The number of H-pyrrole nitrogens is 1. The number of rotatable bonds is 6. The van der Waals surface area contributed by atoms with Crippen LogP contribution in [0.2, 0.25) is 0 Å². The Hall–Kier alpha value is -5.45. The van der Waals surface area contributed by atoms with Gasteiger partial charge in [-0.15, -0.1) is 0 Å². The van der Waals surface area contributed by atoms with E-state index in [1.165, 1.54) is 36.4 Å². The van der Waals surface area contributed by atoms with Crippen molar-refractivity contribution in [2.75, 3.05) is 11.1 Å². The smallest absolute Gasteiger partial charge is 0.226 e. The number of carbonyl (C=O) groups excluding carboxylic acids is 1. The van der Waals surface area contributed by atoms with Gasteiger partial charge in [0.2, 0.25) is 11.3 Å². The summed E-state index contributed by atoms with van der Waals surface area (Å²) < 4.78 is 35.1. The van der Waals surface area contributed by atoms with Crippen molar-refractivity contribution >= 4 is 39.4 Å². The van der Waals surface area contributed by atoms with Gasteiger partial charge in [0.15, 0.2) is 5.65 Å². The van der Waals surface area contributed by atoms with Crippen LogP contribution in [-0.4, -0.2) is 26.1 Å². The summed E-state index contributed by atoms with van der Waals surface area (Å²) in [5.41, 5.74) is 8.32. The van der Waals surface area contributed by atoms with Crippen LogP contribution in [0.3, 0.4) is 0 Å². The summed E-state index contributed by atoms with van der Waals surface area (Å²) in [5, 5.41) is 10.4. The molecular formula is C32H26F2N6O3. The molecule has 0 aliphatic carbocycles. The predicted octanol–water partition coefficient (Wildman–Crippen LogP) is 6.40. The van der Waals surface area contributed by atoms with E-state index in [-0.39, 0.29) is 57.0 Å². The lowest BCUT2D eigenvalue weighted by Gasteiger charge is -2.16. The van der Waals surface area contributed by atoms with Crippen molar-refractivity contribution in [3.8, 4) is 22.4 Å². The zero-order chi connectivity index (χ0) is 30.4. The second kappa shape index (κ2) is 10.8. The summed E-state index contributed by atoms with van der Waals surface area (Å²) in [6.07, 6.45) is 0. The van der Waals surface area contributed by atoms with Crippen LogP contribution in [0.15, 0.2) is 75.9 Å². The van der Waals surface area contributed by atoms with Crippen molar-refractivity contribution in [2.45, 2.75) is 26.7 Å².